The number of benzene rings is 1. The van der Waals surface area contributed by atoms with Crippen molar-refractivity contribution in [1.82, 2.24) is 5.32 Å². The molecule has 6 heteroatoms. The minimum absolute atomic E-state index is 0.286. The highest BCUT2D eigenvalue weighted by atomic mass is 19.4. The summed E-state index contributed by atoms with van der Waals surface area (Å²) in [6.07, 6.45) is -4.51. The molecule has 0 aliphatic rings. The first-order valence-electron chi connectivity index (χ1n) is 5.89. The van der Waals surface area contributed by atoms with E-state index in [0.29, 0.717) is 13.0 Å². The summed E-state index contributed by atoms with van der Waals surface area (Å²) in [4.78, 5) is 10.7. The Labute approximate surface area is 109 Å². The summed E-state index contributed by atoms with van der Waals surface area (Å²) >= 11 is 0. The molecule has 0 aliphatic carbocycles. The molecule has 106 valence electrons. The second-order valence-electron chi connectivity index (χ2n) is 4.20. The summed E-state index contributed by atoms with van der Waals surface area (Å²) in [5.41, 5.74) is 0.995. The zero-order valence-corrected chi connectivity index (χ0v) is 10.5. The lowest BCUT2D eigenvalue weighted by molar-refractivity contribution is -0.174. The Bertz CT molecular complexity index is 393. The molecule has 1 aromatic carbocycles. The number of hydrogen-bond donors (Lipinski definition) is 1. The van der Waals surface area contributed by atoms with Crippen LogP contribution in [0.3, 0.4) is 0 Å². The van der Waals surface area contributed by atoms with E-state index in [1.165, 1.54) is 6.92 Å². The molecule has 0 aromatic heterocycles. The van der Waals surface area contributed by atoms with Gasteiger partial charge in [0.15, 0.2) is 0 Å². The van der Waals surface area contributed by atoms with Crippen molar-refractivity contribution in [2.75, 3.05) is 6.61 Å². The number of ether oxygens (including phenoxy) is 1. The first kappa shape index (κ1) is 15.5. The monoisotopic (exact) mass is 275 g/mol. The van der Waals surface area contributed by atoms with Crippen LogP contribution in [0.15, 0.2) is 30.3 Å². The van der Waals surface area contributed by atoms with Crippen LogP contribution in [0.1, 0.15) is 18.9 Å². The van der Waals surface area contributed by atoms with Crippen molar-refractivity contribution in [2.24, 2.45) is 0 Å². The second kappa shape index (κ2) is 7.13. The number of amides is 1. The van der Waals surface area contributed by atoms with E-state index in [0.717, 1.165) is 5.56 Å². The molecule has 1 unspecified atom stereocenters. The number of carbonyl (C=O) groups is 1. The Hall–Kier alpha value is -1.56. The standard InChI is InChI=1S/C13H16F3NO2/c1-10(17-12(18)13(14,15)16)7-8-19-9-11-5-3-2-4-6-11/h2-6,10H,7-9H2,1H3,(H,17,18). The molecule has 1 atom stereocenters. The quantitative estimate of drug-likeness (QED) is 0.811. The van der Waals surface area contributed by atoms with Crippen LogP contribution in [0.4, 0.5) is 13.2 Å². The third-order valence-electron chi connectivity index (χ3n) is 2.44. The van der Waals surface area contributed by atoms with Crippen molar-refractivity contribution in [3.8, 4) is 0 Å². The highest BCUT2D eigenvalue weighted by molar-refractivity contribution is 5.81. The SMILES string of the molecule is CC(CCOCc1ccccc1)NC(=O)C(F)(F)F. The van der Waals surface area contributed by atoms with E-state index in [1.807, 2.05) is 35.6 Å². The first-order valence-corrected chi connectivity index (χ1v) is 5.89. The number of rotatable bonds is 6. The van der Waals surface area contributed by atoms with Gasteiger partial charge in [0.2, 0.25) is 0 Å². The van der Waals surface area contributed by atoms with Gasteiger partial charge in [-0.05, 0) is 18.9 Å². The molecule has 0 aliphatic heterocycles. The van der Waals surface area contributed by atoms with E-state index in [2.05, 4.69) is 0 Å². The Morgan fingerprint density at radius 3 is 2.53 bits per heavy atom. The molecule has 1 rings (SSSR count). The van der Waals surface area contributed by atoms with E-state index in [1.54, 1.807) is 0 Å². The van der Waals surface area contributed by atoms with Gasteiger partial charge in [-0.1, -0.05) is 30.3 Å². The van der Waals surface area contributed by atoms with E-state index in [-0.39, 0.29) is 6.61 Å². The molecule has 1 N–H and O–H groups in total. The van der Waals surface area contributed by atoms with Gasteiger partial charge < -0.3 is 10.1 Å². The third kappa shape index (κ3) is 6.24. The number of hydrogen-bond acceptors (Lipinski definition) is 2. The Kier molecular flexibility index (Phi) is 5.82. The molecule has 0 heterocycles. The van der Waals surface area contributed by atoms with Crippen molar-refractivity contribution in [3.05, 3.63) is 35.9 Å². The van der Waals surface area contributed by atoms with Gasteiger partial charge in [-0.3, -0.25) is 4.79 Å². The fourth-order valence-electron chi connectivity index (χ4n) is 1.40. The Morgan fingerprint density at radius 2 is 1.95 bits per heavy atom. The van der Waals surface area contributed by atoms with Gasteiger partial charge in [-0.2, -0.15) is 13.2 Å². The number of halogens is 3. The van der Waals surface area contributed by atoms with Crippen molar-refractivity contribution in [3.63, 3.8) is 0 Å². The van der Waals surface area contributed by atoms with Crippen molar-refractivity contribution in [1.29, 1.82) is 0 Å². The lowest BCUT2D eigenvalue weighted by atomic mass is 10.2. The van der Waals surface area contributed by atoms with E-state index < -0.39 is 18.1 Å². The normalized spacial score (nSPS) is 13.1. The highest BCUT2D eigenvalue weighted by Gasteiger charge is 2.39. The zero-order chi connectivity index (χ0) is 14.3. The van der Waals surface area contributed by atoms with E-state index >= 15 is 0 Å². The molecular formula is C13H16F3NO2. The molecule has 0 spiro atoms. The van der Waals surface area contributed by atoms with Gasteiger partial charge in [-0.15, -0.1) is 0 Å². The van der Waals surface area contributed by atoms with Crippen LogP contribution in [-0.2, 0) is 16.1 Å². The molecule has 0 bridgehead atoms. The van der Waals surface area contributed by atoms with Crippen molar-refractivity contribution < 1.29 is 22.7 Å². The average Bonchev–Trinajstić information content (AvgIpc) is 2.35. The molecule has 0 fully saturated rings. The minimum Gasteiger partial charge on any atom is -0.377 e. The molecular weight excluding hydrogens is 259 g/mol. The van der Waals surface area contributed by atoms with Crippen LogP contribution in [0.5, 0.6) is 0 Å². The summed E-state index contributed by atoms with van der Waals surface area (Å²) < 4.78 is 41.3. The lowest BCUT2D eigenvalue weighted by Gasteiger charge is -2.15. The molecule has 0 saturated carbocycles. The third-order valence-corrected chi connectivity index (χ3v) is 2.44. The Balaban J connectivity index is 2.17. The smallest absolute Gasteiger partial charge is 0.377 e. The number of nitrogens with one attached hydrogen (secondary N) is 1. The van der Waals surface area contributed by atoms with Crippen LogP contribution in [0.25, 0.3) is 0 Å². The molecule has 1 aromatic rings. The van der Waals surface area contributed by atoms with Crippen LogP contribution < -0.4 is 5.32 Å². The van der Waals surface area contributed by atoms with Gasteiger partial charge >= 0.3 is 12.1 Å². The van der Waals surface area contributed by atoms with Gasteiger partial charge in [0, 0.05) is 12.6 Å². The van der Waals surface area contributed by atoms with Crippen LogP contribution >= 0.6 is 0 Å². The predicted molar refractivity (Wildman–Crippen MR) is 64.4 cm³/mol. The molecule has 3 nitrogen and oxygen atoms in total. The van der Waals surface area contributed by atoms with Gasteiger partial charge in [0.1, 0.15) is 0 Å². The predicted octanol–water partition coefficient (Wildman–Crippen LogP) is 2.66. The van der Waals surface area contributed by atoms with Crippen molar-refractivity contribution in [2.45, 2.75) is 32.2 Å². The first-order chi connectivity index (χ1) is 8.89. The Morgan fingerprint density at radius 1 is 1.32 bits per heavy atom. The maximum Gasteiger partial charge on any atom is 0.471 e. The molecule has 0 radical (unpaired) electrons. The topological polar surface area (TPSA) is 38.3 Å². The molecule has 1 amide bonds. The van der Waals surface area contributed by atoms with E-state index in [9.17, 15) is 18.0 Å². The fraction of sp³-hybridized carbons (Fsp3) is 0.462. The van der Waals surface area contributed by atoms with Crippen molar-refractivity contribution >= 4 is 5.91 Å². The highest BCUT2D eigenvalue weighted by Crippen LogP contribution is 2.14. The summed E-state index contributed by atoms with van der Waals surface area (Å²) in [5.74, 6) is -1.91. The summed E-state index contributed by atoms with van der Waals surface area (Å²) in [7, 11) is 0. The maximum absolute atomic E-state index is 12.0. The lowest BCUT2D eigenvalue weighted by Crippen LogP contribution is -2.42. The maximum atomic E-state index is 12.0. The fourth-order valence-corrected chi connectivity index (χ4v) is 1.40. The van der Waals surface area contributed by atoms with Gasteiger partial charge in [0.25, 0.3) is 0 Å². The zero-order valence-electron chi connectivity index (χ0n) is 10.5. The van der Waals surface area contributed by atoms with Crippen LogP contribution in [0.2, 0.25) is 0 Å². The summed E-state index contributed by atoms with van der Waals surface area (Å²) in [5, 5.41) is 1.87. The van der Waals surface area contributed by atoms with E-state index in [4.69, 9.17) is 4.74 Å². The molecule has 0 saturated heterocycles. The summed E-state index contributed by atoms with van der Waals surface area (Å²) in [6.45, 7) is 2.20. The second-order valence-corrected chi connectivity index (χ2v) is 4.20. The average molecular weight is 275 g/mol. The molecule has 19 heavy (non-hydrogen) atoms. The van der Waals surface area contributed by atoms with Gasteiger partial charge in [0.05, 0.1) is 6.61 Å². The van der Waals surface area contributed by atoms with Crippen LogP contribution in [-0.4, -0.2) is 24.7 Å². The van der Waals surface area contributed by atoms with Gasteiger partial charge in [-0.25, -0.2) is 0 Å². The van der Waals surface area contributed by atoms with Crippen LogP contribution in [0, 0.1) is 0 Å². The largest absolute Gasteiger partial charge is 0.471 e. The number of carbonyl (C=O) groups excluding carboxylic acids is 1. The minimum atomic E-state index is -4.83. The summed E-state index contributed by atoms with van der Waals surface area (Å²) in [6, 6.07) is 8.86. The number of alkyl halides is 3.